The topological polar surface area (TPSA) is 107 Å². The molecule has 1 saturated heterocycles. The number of rotatable bonds is 5. The predicted molar refractivity (Wildman–Crippen MR) is 124 cm³/mol. The Morgan fingerprint density at radius 3 is 1.85 bits per heavy atom. The third-order valence-electron chi connectivity index (χ3n) is 5.51. The highest BCUT2D eigenvalue weighted by Gasteiger charge is 2.28. The second-order valence-electron chi connectivity index (χ2n) is 7.71. The van der Waals surface area contributed by atoms with E-state index in [0.29, 0.717) is 0 Å². The van der Waals surface area contributed by atoms with Crippen LogP contribution in [0.15, 0.2) is 77.7 Å². The largest absolute Gasteiger partial charge is 0.507 e. The van der Waals surface area contributed by atoms with Gasteiger partial charge in [-0.3, -0.25) is 14.3 Å². The van der Waals surface area contributed by atoms with Crippen molar-refractivity contribution < 1.29 is 27.5 Å². The average Bonchev–Trinajstić information content (AvgIpc) is 2.84. The molecule has 1 aliphatic rings. The minimum Gasteiger partial charge on any atom is -0.507 e. The first-order valence-corrected chi connectivity index (χ1v) is 12.0. The number of aromatic hydroxyl groups is 1. The summed E-state index contributed by atoms with van der Waals surface area (Å²) in [4.78, 5) is 28.8. The van der Waals surface area contributed by atoms with Crippen LogP contribution in [0.2, 0.25) is 0 Å². The molecule has 0 aliphatic carbocycles. The summed E-state index contributed by atoms with van der Waals surface area (Å²) in [5.41, 5.74) is 0.459. The van der Waals surface area contributed by atoms with Gasteiger partial charge in [-0.25, -0.2) is 12.8 Å². The molecular weight excluding hydrogens is 461 g/mol. The number of nitrogens with one attached hydrogen (secondary N) is 1. The molecule has 1 aliphatic heterocycles. The first-order valence-electron chi connectivity index (χ1n) is 10.5. The van der Waals surface area contributed by atoms with Crippen molar-refractivity contribution in [1.82, 2.24) is 9.80 Å². The third-order valence-corrected chi connectivity index (χ3v) is 6.90. The van der Waals surface area contributed by atoms with Gasteiger partial charge in [0.15, 0.2) is 0 Å². The van der Waals surface area contributed by atoms with Crippen molar-refractivity contribution in [2.75, 3.05) is 30.9 Å². The van der Waals surface area contributed by atoms with E-state index in [9.17, 15) is 27.5 Å². The van der Waals surface area contributed by atoms with E-state index in [1.54, 1.807) is 40.1 Å². The minimum atomic E-state index is -4.04. The number of amides is 2. The van der Waals surface area contributed by atoms with E-state index in [1.807, 2.05) is 0 Å². The van der Waals surface area contributed by atoms with E-state index < -0.39 is 15.8 Å². The van der Waals surface area contributed by atoms with Gasteiger partial charge < -0.3 is 14.9 Å². The molecule has 3 aromatic carbocycles. The lowest BCUT2D eigenvalue weighted by atomic mass is 10.1. The summed E-state index contributed by atoms with van der Waals surface area (Å²) in [7, 11) is -4.04. The molecule has 0 unspecified atom stereocenters. The monoisotopic (exact) mass is 483 g/mol. The number of phenols is 1. The van der Waals surface area contributed by atoms with Crippen LogP contribution in [0, 0.1) is 5.82 Å². The number of phenolic OH excluding ortho intramolecular Hbond substituents is 1. The van der Waals surface area contributed by atoms with Gasteiger partial charge >= 0.3 is 0 Å². The predicted octanol–water partition coefficient (Wildman–Crippen LogP) is 2.93. The van der Waals surface area contributed by atoms with Crippen molar-refractivity contribution in [3.05, 3.63) is 89.7 Å². The molecule has 4 rings (SSSR count). The first kappa shape index (κ1) is 23.2. The lowest BCUT2D eigenvalue weighted by Gasteiger charge is -2.35. The fourth-order valence-electron chi connectivity index (χ4n) is 3.68. The number of hydrogen-bond acceptors (Lipinski definition) is 5. The van der Waals surface area contributed by atoms with Gasteiger partial charge in [0.05, 0.1) is 21.7 Å². The molecule has 8 nitrogen and oxygen atoms in total. The Morgan fingerprint density at radius 2 is 1.26 bits per heavy atom. The highest BCUT2D eigenvalue weighted by molar-refractivity contribution is 7.92. The van der Waals surface area contributed by atoms with Crippen molar-refractivity contribution in [1.29, 1.82) is 0 Å². The van der Waals surface area contributed by atoms with E-state index in [4.69, 9.17) is 0 Å². The summed E-state index contributed by atoms with van der Waals surface area (Å²) < 4.78 is 41.0. The highest BCUT2D eigenvalue weighted by Crippen LogP contribution is 2.23. The van der Waals surface area contributed by atoms with Crippen molar-refractivity contribution in [2.24, 2.45) is 0 Å². The lowest BCUT2D eigenvalue weighted by Crippen LogP contribution is -2.50. The van der Waals surface area contributed by atoms with Crippen LogP contribution in [0.5, 0.6) is 5.75 Å². The quantitative estimate of drug-likeness (QED) is 0.580. The SMILES string of the molecule is O=C(c1ccccc1O)N1CCN(C(=O)c2ccccc2NS(=O)(=O)c2ccc(F)cc2)CC1. The maximum atomic E-state index is 13.2. The summed E-state index contributed by atoms with van der Waals surface area (Å²) in [6.45, 7) is 1.03. The van der Waals surface area contributed by atoms with Gasteiger partial charge in [-0.2, -0.15) is 0 Å². The molecule has 10 heteroatoms. The average molecular weight is 484 g/mol. The van der Waals surface area contributed by atoms with Gasteiger partial charge in [0, 0.05) is 26.2 Å². The minimum absolute atomic E-state index is 0.101. The molecule has 2 amide bonds. The Kier molecular flexibility index (Phi) is 6.51. The summed E-state index contributed by atoms with van der Waals surface area (Å²) in [5.74, 6) is -1.37. The molecule has 0 atom stereocenters. The lowest BCUT2D eigenvalue weighted by molar-refractivity contribution is 0.0534. The maximum absolute atomic E-state index is 13.2. The van der Waals surface area contributed by atoms with Crippen LogP contribution in [-0.4, -0.2) is 61.3 Å². The zero-order valence-electron chi connectivity index (χ0n) is 18.0. The van der Waals surface area contributed by atoms with Crippen molar-refractivity contribution in [2.45, 2.75) is 4.90 Å². The molecule has 0 saturated carbocycles. The standard InChI is InChI=1S/C24H22FN3O5S/c25-17-9-11-18(12-10-17)34(32,33)26-21-7-3-1-5-19(21)23(30)27-13-15-28(16-14-27)24(31)20-6-2-4-8-22(20)29/h1-12,26,29H,13-16H2. The van der Waals surface area contributed by atoms with Crippen molar-refractivity contribution in [3.8, 4) is 5.75 Å². The Labute approximate surface area is 196 Å². The molecule has 3 aromatic rings. The van der Waals surface area contributed by atoms with Crippen LogP contribution in [0.25, 0.3) is 0 Å². The summed E-state index contributed by atoms with van der Waals surface area (Å²) >= 11 is 0. The van der Waals surface area contributed by atoms with Crippen LogP contribution in [-0.2, 0) is 10.0 Å². The zero-order valence-corrected chi connectivity index (χ0v) is 18.8. The van der Waals surface area contributed by atoms with Gasteiger partial charge in [-0.15, -0.1) is 0 Å². The van der Waals surface area contributed by atoms with Crippen molar-refractivity contribution in [3.63, 3.8) is 0 Å². The molecular formula is C24H22FN3O5S. The van der Waals surface area contributed by atoms with Crippen LogP contribution in [0.1, 0.15) is 20.7 Å². The number of carbonyl (C=O) groups excluding carboxylic acids is 2. The van der Waals surface area contributed by atoms with E-state index in [-0.39, 0.29) is 65.5 Å². The molecule has 176 valence electrons. The van der Waals surface area contributed by atoms with Gasteiger partial charge in [0.2, 0.25) is 0 Å². The van der Waals surface area contributed by atoms with Gasteiger partial charge in [-0.1, -0.05) is 24.3 Å². The molecule has 0 radical (unpaired) electrons. The summed E-state index contributed by atoms with van der Waals surface area (Å²) in [6, 6.07) is 16.9. The molecule has 0 spiro atoms. The number of nitrogens with zero attached hydrogens (tertiary/aromatic N) is 2. The van der Waals surface area contributed by atoms with E-state index in [2.05, 4.69) is 4.72 Å². The second-order valence-corrected chi connectivity index (χ2v) is 9.39. The molecule has 34 heavy (non-hydrogen) atoms. The number of benzene rings is 3. The van der Waals surface area contributed by atoms with E-state index in [0.717, 1.165) is 24.3 Å². The molecule has 0 aromatic heterocycles. The van der Waals surface area contributed by atoms with Crippen LogP contribution in [0.3, 0.4) is 0 Å². The first-order chi connectivity index (χ1) is 16.3. The number of anilines is 1. The number of piperazine rings is 1. The Balaban J connectivity index is 1.47. The van der Waals surface area contributed by atoms with Gasteiger partial charge in [-0.05, 0) is 48.5 Å². The van der Waals surface area contributed by atoms with Crippen LogP contribution >= 0.6 is 0 Å². The highest BCUT2D eigenvalue weighted by atomic mass is 32.2. The van der Waals surface area contributed by atoms with E-state index in [1.165, 1.54) is 18.2 Å². The number of carbonyl (C=O) groups is 2. The second kappa shape index (κ2) is 9.52. The third kappa shape index (κ3) is 4.86. The summed E-state index contributed by atoms with van der Waals surface area (Å²) in [6.07, 6.45) is 0. The zero-order chi connectivity index (χ0) is 24.3. The summed E-state index contributed by atoms with van der Waals surface area (Å²) in [5, 5.41) is 9.93. The smallest absolute Gasteiger partial charge is 0.261 e. The number of hydrogen-bond donors (Lipinski definition) is 2. The molecule has 1 fully saturated rings. The molecule has 2 N–H and O–H groups in total. The Morgan fingerprint density at radius 1 is 0.765 bits per heavy atom. The fourth-order valence-corrected chi connectivity index (χ4v) is 4.76. The van der Waals surface area contributed by atoms with Gasteiger partial charge in [0.25, 0.3) is 21.8 Å². The van der Waals surface area contributed by atoms with Gasteiger partial charge in [0.1, 0.15) is 11.6 Å². The fraction of sp³-hybridized carbons (Fsp3) is 0.167. The van der Waals surface area contributed by atoms with E-state index >= 15 is 0 Å². The number of para-hydroxylation sites is 2. The maximum Gasteiger partial charge on any atom is 0.261 e. The Hall–Kier alpha value is -3.92. The molecule has 1 heterocycles. The van der Waals surface area contributed by atoms with Crippen LogP contribution < -0.4 is 4.72 Å². The van der Waals surface area contributed by atoms with Crippen LogP contribution in [0.4, 0.5) is 10.1 Å². The number of halogens is 1. The number of sulfonamides is 1. The normalized spacial score (nSPS) is 14.0. The Bertz CT molecular complexity index is 1320. The molecule has 0 bridgehead atoms. The van der Waals surface area contributed by atoms with Crippen molar-refractivity contribution >= 4 is 27.5 Å².